The normalized spacial score (nSPS) is 20.2. The number of hydrogen-bond donors (Lipinski definition) is 2. The second kappa shape index (κ2) is 9.09. The van der Waals surface area contributed by atoms with Gasteiger partial charge in [0.25, 0.3) is 0 Å². The minimum Gasteiger partial charge on any atom is -0.491 e. The van der Waals surface area contributed by atoms with Crippen LogP contribution < -0.4 is 15.0 Å². The maximum atomic E-state index is 9.38. The SMILES string of the molecule is Cc1ccc(OC[C@H]2O[C@@H](n3cnc4c(NO)ccnc43)C[C@@H]2Oc2ccc(C)cc2)cc1. The minimum atomic E-state index is -0.335. The maximum Gasteiger partial charge on any atom is 0.164 e. The van der Waals surface area contributed by atoms with Crippen LogP contribution in [0.4, 0.5) is 5.69 Å². The highest BCUT2D eigenvalue weighted by molar-refractivity contribution is 5.84. The third-order valence-corrected chi connectivity index (χ3v) is 5.82. The van der Waals surface area contributed by atoms with Gasteiger partial charge in [-0.25, -0.2) is 9.97 Å². The van der Waals surface area contributed by atoms with Crippen LogP contribution in [0.15, 0.2) is 67.1 Å². The van der Waals surface area contributed by atoms with E-state index in [0.717, 1.165) is 11.5 Å². The summed E-state index contributed by atoms with van der Waals surface area (Å²) in [5.74, 6) is 1.57. The molecule has 1 aliphatic rings. The van der Waals surface area contributed by atoms with Crippen molar-refractivity contribution in [3.05, 3.63) is 78.2 Å². The van der Waals surface area contributed by atoms with Crippen LogP contribution in [0.25, 0.3) is 11.2 Å². The van der Waals surface area contributed by atoms with E-state index in [2.05, 4.69) is 15.4 Å². The van der Waals surface area contributed by atoms with Crippen LogP contribution in [-0.4, -0.2) is 38.6 Å². The molecule has 1 fully saturated rings. The molecule has 3 heterocycles. The molecule has 1 aliphatic heterocycles. The summed E-state index contributed by atoms with van der Waals surface area (Å²) >= 11 is 0. The predicted molar refractivity (Wildman–Crippen MR) is 124 cm³/mol. The third-order valence-electron chi connectivity index (χ3n) is 5.82. The molecule has 8 nitrogen and oxygen atoms in total. The van der Waals surface area contributed by atoms with E-state index in [1.54, 1.807) is 18.6 Å². The van der Waals surface area contributed by atoms with Crippen LogP contribution in [0.2, 0.25) is 0 Å². The number of nitrogens with zero attached hydrogens (tertiary/aromatic N) is 3. The summed E-state index contributed by atoms with van der Waals surface area (Å²) < 4.78 is 20.6. The molecule has 5 rings (SSSR count). The fourth-order valence-corrected chi connectivity index (χ4v) is 3.98. The van der Waals surface area contributed by atoms with Gasteiger partial charge in [-0.05, 0) is 44.2 Å². The smallest absolute Gasteiger partial charge is 0.164 e. The van der Waals surface area contributed by atoms with E-state index in [9.17, 15) is 5.21 Å². The molecule has 0 radical (unpaired) electrons. The number of aromatic nitrogens is 3. The van der Waals surface area contributed by atoms with Crippen LogP contribution in [0.3, 0.4) is 0 Å². The van der Waals surface area contributed by atoms with Crippen molar-refractivity contribution in [2.24, 2.45) is 0 Å². The molecule has 4 aromatic rings. The molecule has 2 N–H and O–H groups in total. The Bertz CT molecular complexity index is 1220. The molecule has 8 heteroatoms. The Hall–Kier alpha value is -3.62. The molecule has 0 amide bonds. The molecule has 0 spiro atoms. The quantitative estimate of drug-likeness (QED) is 0.399. The van der Waals surface area contributed by atoms with Crippen molar-refractivity contribution in [2.45, 2.75) is 38.7 Å². The molecule has 0 unspecified atom stereocenters. The van der Waals surface area contributed by atoms with Gasteiger partial charge in [-0.15, -0.1) is 0 Å². The Morgan fingerprint density at radius 3 is 2.39 bits per heavy atom. The Morgan fingerprint density at radius 1 is 1.00 bits per heavy atom. The Kier molecular flexibility index (Phi) is 5.85. The van der Waals surface area contributed by atoms with Crippen molar-refractivity contribution in [3.63, 3.8) is 0 Å². The first-order valence-electron chi connectivity index (χ1n) is 10.9. The number of benzene rings is 2. The van der Waals surface area contributed by atoms with E-state index >= 15 is 0 Å². The van der Waals surface area contributed by atoms with Gasteiger partial charge in [0.05, 0.1) is 12.0 Å². The van der Waals surface area contributed by atoms with Gasteiger partial charge in [0.1, 0.15) is 42.1 Å². The zero-order valence-electron chi connectivity index (χ0n) is 18.5. The average Bonchev–Trinajstić information content (AvgIpc) is 3.44. The van der Waals surface area contributed by atoms with Gasteiger partial charge in [-0.2, -0.15) is 0 Å². The molecule has 33 heavy (non-hydrogen) atoms. The molecule has 2 aromatic carbocycles. The molecule has 0 aliphatic carbocycles. The number of pyridine rings is 1. The lowest BCUT2D eigenvalue weighted by Gasteiger charge is -2.20. The highest BCUT2D eigenvalue weighted by atomic mass is 16.6. The number of fused-ring (bicyclic) bond motifs is 1. The number of hydrogen-bond acceptors (Lipinski definition) is 7. The molecule has 1 saturated heterocycles. The number of anilines is 1. The minimum absolute atomic E-state index is 0.222. The number of rotatable bonds is 7. The highest BCUT2D eigenvalue weighted by Crippen LogP contribution is 2.34. The van der Waals surface area contributed by atoms with E-state index in [1.807, 2.05) is 66.9 Å². The second-order valence-corrected chi connectivity index (χ2v) is 8.25. The summed E-state index contributed by atoms with van der Waals surface area (Å²) in [4.78, 5) is 8.84. The van der Waals surface area contributed by atoms with Gasteiger partial charge in [0.2, 0.25) is 0 Å². The Balaban J connectivity index is 1.38. The first kappa shape index (κ1) is 21.2. The van der Waals surface area contributed by atoms with Gasteiger partial charge < -0.3 is 14.2 Å². The van der Waals surface area contributed by atoms with E-state index in [4.69, 9.17) is 14.2 Å². The van der Waals surface area contributed by atoms with Crippen molar-refractivity contribution < 1.29 is 19.4 Å². The third kappa shape index (κ3) is 4.48. The zero-order chi connectivity index (χ0) is 22.8. The fourth-order valence-electron chi connectivity index (χ4n) is 3.98. The van der Waals surface area contributed by atoms with Crippen LogP contribution in [0, 0.1) is 13.8 Å². The van der Waals surface area contributed by atoms with Crippen LogP contribution in [-0.2, 0) is 4.74 Å². The van der Waals surface area contributed by atoms with Crippen LogP contribution in [0.5, 0.6) is 11.5 Å². The van der Waals surface area contributed by atoms with Gasteiger partial charge in [-0.3, -0.25) is 15.3 Å². The van der Waals surface area contributed by atoms with E-state index < -0.39 is 0 Å². The predicted octanol–water partition coefficient (Wildman–Crippen LogP) is 4.66. The standard InChI is InChI=1S/C25H26N4O4/c1-16-3-7-18(8-4-16)31-14-22-21(32-19-9-5-17(2)6-10-19)13-23(33-22)29-15-27-24-20(28-30)11-12-26-25(24)29/h3-12,15,21-23,30H,13-14H2,1-2H3,(H,26,28)/t21-,22+,23+/m0/s1. The molecule has 3 atom stereocenters. The number of ether oxygens (including phenoxy) is 3. The average molecular weight is 447 g/mol. The summed E-state index contributed by atoms with van der Waals surface area (Å²) in [5, 5.41) is 9.38. The largest absolute Gasteiger partial charge is 0.491 e. The monoisotopic (exact) mass is 446 g/mol. The fraction of sp³-hybridized carbons (Fsp3) is 0.280. The van der Waals surface area contributed by atoms with Crippen molar-refractivity contribution >= 4 is 16.9 Å². The molecule has 0 saturated carbocycles. The lowest BCUT2D eigenvalue weighted by Crippen LogP contribution is -2.32. The van der Waals surface area contributed by atoms with Gasteiger partial charge in [0.15, 0.2) is 5.65 Å². The van der Waals surface area contributed by atoms with Gasteiger partial charge in [0, 0.05) is 12.6 Å². The topological polar surface area (TPSA) is 90.7 Å². The summed E-state index contributed by atoms with van der Waals surface area (Å²) in [6, 6.07) is 17.6. The maximum absolute atomic E-state index is 9.38. The first-order chi connectivity index (χ1) is 16.1. The van der Waals surface area contributed by atoms with E-state index in [0.29, 0.717) is 29.9 Å². The zero-order valence-corrected chi connectivity index (χ0v) is 18.5. The second-order valence-electron chi connectivity index (χ2n) is 8.25. The van der Waals surface area contributed by atoms with E-state index in [1.165, 1.54) is 11.1 Å². The molecule has 0 bridgehead atoms. The van der Waals surface area contributed by atoms with Gasteiger partial charge in [-0.1, -0.05) is 35.4 Å². The molecule has 170 valence electrons. The van der Waals surface area contributed by atoms with Crippen LogP contribution >= 0.6 is 0 Å². The van der Waals surface area contributed by atoms with Crippen molar-refractivity contribution in [3.8, 4) is 11.5 Å². The number of nitrogens with one attached hydrogen (secondary N) is 1. The van der Waals surface area contributed by atoms with E-state index in [-0.39, 0.29) is 18.4 Å². The number of imidazole rings is 1. The highest BCUT2D eigenvalue weighted by Gasteiger charge is 2.39. The van der Waals surface area contributed by atoms with Gasteiger partial charge >= 0.3 is 0 Å². The Morgan fingerprint density at radius 2 is 1.70 bits per heavy atom. The van der Waals surface area contributed by atoms with Crippen LogP contribution in [0.1, 0.15) is 23.8 Å². The summed E-state index contributed by atoms with van der Waals surface area (Å²) in [6.45, 7) is 4.43. The summed E-state index contributed by atoms with van der Waals surface area (Å²) in [6.07, 6.45) is 3.04. The molecule has 2 aromatic heterocycles. The first-order valence-corrected chi connectivity index (χ1v) is 10.9. The number of aryl methyl sites for hydroxylation is 2. The molecular formula is C25H26N4O4. The lowest BCUT2D eigenvalue weighted by molar-refractivity contribution is -0.0341. The lowest BCUT2D eigenvalue weighted by atomic mass is 10.1. The van der Waals surface area contributed by atoms with Crippen molar-refractivity contribution in [1.29, 1.82) is 0 Å². The summed E-state index contributed by atoms with van der Waals surface area (Å²) in [7, 11) is 0. The van der Waals surface area contributed by atoms with Crippen molar-refractivity contribution in [2.75, 3.05) is 12.1 Å². The summed E-state index contributed by atoms with van der Waals surface area (Å²) in [5.41, 5.74) is 6.20. The van der Waals surface area contributed by atoms with Crippen molar-refractivity contribution in [1.82, 2.24) is 14.5 Å². The molecular weight excluding hydrogens is 420 g/mol. The Labute approximate surface area is 191 Å².